The van der Waals surface area contributed by atoms with Gasteiger partial charge in [-0.15, -0.1) is 0 Å². The number of aromatic carboxylic acids is 1. The van der Waals surface area contributed by atoms with Gasteiger partial charge in [0, 0.05) is 5.56 Å². The van der Waals surface area contributed by atoms with Gasteiger partial charge in [0.1, 0.15) is 5.82 Å². The number of carboxylic acid groups (broad SMARTS) is 1. The highest BCUT2D eigenvalue weighted by Gasteiger charge is 2.48. The molecular formula is C24H28N2O3Si. The molecule has 1 N–H and O–H groups in total. The summed E-state index contributed by atoms with van der Waals surface area (Å²) in [7, 11) is -1.70. The number of para-hydroxylation sites is 2. The Kier molecular flexibility index (Phi) is 4.93. The monoisotopic (exact) mass is 420 g/mol. The molecule has 0 fully saturated rings. The van der Waals surface area contributed by atoms with E-state index in [0.29, 0.717) is 5.82 Å². The average molecular weight is 421 g/mol. The van der Waals surface area contributed by atoms with Gasteiger partial charge in [0.25, 0.3) is 0 Å². The van der Waals surface area contributed by atoms with Crippen molar-refractivity contribution in [2.24, 2.45) is 0 Å². The van der Waals surface area contributed by atoms with Crippen molar-refractivity contribution in [2.45, 2.75) is 57.3 Å². The second kappa shape index (κ2) is 7.20. The molecule has 3 aromatic rings. The molecule has 1 aliphatic heterocycles. The first-order chi connectivity index (χ1) is 14.3. The maximum atomic E-state index is 14.1. The van der Waals surface area contributed by atoms with Crippen LogP contribution in [0, 0.1) is 0 Å². The quantitative estimate of drug-likeness (QED) is 0.510. The molecule has 1 unspecified atom stereocenters. The molecule has 0 spiro atoms. The van der Waals surface area contributed by atoms with E-state index in [2.05, 4.69) is 20.8 Å². The molecule has 0 bridgehead atoms. The third kappa shape index (κ3) is 2.85. The molecule has 1 aliphatic rings. The van der Waals surface area contributed by atoms with E-state index >= 15 is 0 Å². The van der Waals surface area contributed by atoms with Gasteiger partial charge in [0.2, 0.25) is 5.91 Å². The first-order valence-corrected chi connectivity index (χ1v) is 13.5. The first-order valence-electron chi connectivity index (χ1n) is 10.7. The minimum atomic E-state index is -1.70. The van der Waals surface area contributed by atoms with Gasteiger partial charge in [-0.05, 0) is 42.8 Å². The lowest BCUT2D eigenvalue weighted by molar-refractivity contribution is 0.0694. The molecule has 156 valence electrons. The van der Waals surface area contributed by atoms with E-state index in [1.165, 1.54) is 0 Å². The summed E-state index contributed by atoms with van der Waals surface area (Å²) in [6, 6.07) is 17.0. The SMILES string of the molecule is CC[Si](CC)(CC)CC1(C)C(=O)n2c(nc3ccccc32)-c2ccc(C(=O)O)cc21. The fourth-order valence-electron chi connectivity index (χ4n) is 5.15. The maximum absolute atomic E-state index is 14.1. The van der Waals surface area contributed by atoms with Crippen molar-refractivity contribution in [3.8, 4) is 11.4 Å². The number of carbonyl (C=O) groups excluding carboxylic acids is 1. The number of rotatable bonds is 6. The van der Waals surface area contributed by atoms with Crippen LogP contribution >= 0.6 is 0 Å². The molecule has 2 heterocycles. The van der Waals surface area contributed by atoms with E-state index in [1.54, 1.807) is 16.7 Å². The van der Waals surface area contributed by atoms with Gasteiger partial charge in [-0.3, -0.25) is 9.36 Å². The predicted molar refractivity (Wildman–Crippen MR) is 122 cm³/mol. The highest BCUT2D eigenvalue weighted by Crippen LogP contribution is 2.47. The summed E-state index contributed by atoms with van der Waals surface area (Å²) in [5, 5.41) is 9.61. The summed E-state index contributed by atoms with van der Waals surface area (Å²) >= 11 is 0. The molecule has 0 aliphatic carbocycles. The van der Waals surface area contributed by atoms with Gasteiger partial charge in [-0.2, -0.15) is 0 Å². The third-order valence-corrected chi connectivity index (χ3v) is 13.3. The Bertz CT molecular complexity index is 1150. The smallest absolute Gasteiger partial charge is 0.335 e. The number of imidazole rings is 1. The number of carboxylic acids is 1. The number of nitrogens with zero attached hydrogens (tertiary/aromatic N) is 2. The molecule has 0 saturated carbocycles. The van der Waals surface area contributed by atoms with E-state index in [4.69, 9.17) is 4.98 Å². The van der Waals surface area contributed by atoms with Gasteiger partial charge >= 0.3 is 5.97 Å². The number of fused-ring (bicyclic) bond motifs is 5. The van der Waals surface area contributed by atoms with Crippen LogP contribution in [0.15, 0.2) is 42.5 Å². The molecule has 1 aromatic heterocycles. The average Bonchev–Trinajstić information content (AvgIpc) is 3.15. The first kappa shape index (κ1) is 20.5. The van der Waals surface area contributed by atoms with Crippen molar-refractivity contribution in [3.63, 3.8) is 0 Å². The zero-order valence-electron chi connectivity index (χ0n) is 18.0. The van der Waals surface area contributed by atoms with Crippen LogP contribution in [0.4, 0.5) is 0 Å². The second-order valence-electron chi connectivity index (χ2n) is 8.70. The Morgan fingerprint density at radius 3 is 2.40 bits per heavy atom. The fraction of sp³-hybridized carbons (Fsp3) is 0.375. The van der Waals surface area contributed by atoms with Crippen LogP contribution < -0.4 is 0 Å². The molecule has 4 rings (SSSR count). The molecule has 0 saturated heterocycles. The molecule has 6 heteroatoms. The number of benzene rings is 2. The fourth-order valence-corrected chi connectivity index (χ4v) is 9.24. The van der Waals surface area contributed by atoms with Gasteiger partial charge in [0.15, 0.2) is 0 Å². The zero-order chi connectivity index (χ0) is 21.7. The van der Waals surface area contributed by atoms with E-state index in [9.17, 15) is 14.7 Å². The molecule has 5 nitrogen and oxygen atoms in total. The number of hydrogen-bond donors (Lipinski definition) is 1. The number of hydrogen-bond acceptors (Lipinski definition) is 3. The summed E-state index contributed by atoms with van der Waals surface area (Å²) < 4.78 is 1.76. The standard InChI is InChI=1S/C24H28N2O3Si/c1-5-30(6-2,7-3)15-24(4)18-14-16(22(27)28)12-13-17(18)21-25-19-10-8-9-11-20(19)26(21)23(24)29/h8-14H,5-7,15H2,1-4H3,(H,27,28). The highest BCUT2D eigenvalue weighted by molar-refractivity contribution is 6.80. The van der Waals surface area contributed by atoms with E-state index < -0.39 is 19.5 Å². The van der Waals surface area contributed by atoms with Crippen LogP contribution in [0.3, 0.4) is 0 Å². The van der Waals surface area contributed by atoms with Crippen molar-refractivity contribution < 1.29 is 14.7 Å². The Hall–Kier alpha value is -2.73. The van der Waals surface area contributed by atoms with Crippen LogP contribution in [0.5, 0.6) is 0 Å². The summed E-state index contributed by atoms with van der Waals surface area (Å²) in [5.41, 5.74) is 2.71. The lowest BCUT2D eigenvalue weighted by Gasteiger charge is -2.41. The molecular weight excluding hydrogens is 392 g/mol. The van der Waals surface area contributed by atoms with E-state index in [-0.39, 0.29) is 11.5 Å². The highest BCUT2D eigenvalue weighted by atomic mass is 28.3. The summed E-state index contributed by atoms with van der Waals surface area (Å²) in [5.74, 6) is -0.354. The molecule has 2 aromatic carbocycles. The molecule has 0 amide bonds. The van der Waals surface area contributed by atoms with Crippen LogP contribution in [0.1, 0.15) is 48.4 Å². The minimum Gasteiger partial charge on any atom is -0.478 e. The van der Waals surface area contributed by atoms with Crippen molar-refractivity contribution in [3.05, 3.63) is 53.6 Å². The number of carbonyl (C=O) groups is 2. The normalized spacial score (nSPS) is 18.3. The summed E-state index contributed by atoms with van der Waals surface area (Å²) in [6.07, 6.45) is 0. The Morgan fingerprint density at radius 2 is 1.77 bits per heavy atom. The van der Waals surface area contributed by atoms with Gasteiger partial charge < -0.3 is 5.11 Å². The lowest BCUT2D eigenvalue weighted by Crippen LogP contribution is -2.48. The summed E-state index contributed by atoms with van der Waals surface area (Å²) in [4.78, 5) is 30.6. The summed E-state index contributed by atoms with van der Waals surface area (Å²) in [6.45, 7) is 8.73. The van der Waals surface area contributed by atoms with Gasteiger partial charge in [-0.1, -0.05) is 57.1 Å². The van der Waals surface area contributed by atoms with Gasteiger partial charge in [-0.25, -0.2) is 9.78 Å². The minimum absolute atomic E-state index is 0.00784. The topological polar surface area (TPSA) is 72.2 Å². The van der Waals surface area contributed by atoms with Crippen LogP contribution in [-0.4, -0.2) is 34.6 Å². The predicted octanol–water partition coefficient (Wildman–Crippen LogP) is 5.82. The maximum Gasteiger partial charge on any atom is 0.335 e. The Morgan fingerprint density at radius 1 is 1.10 bits per heavy atom. The van der Waals surface area contributed by atoms with Crippen molar-refractivity contribution in [2.75, 3.05) is 0 Å². The van der Waals surface area contributed by atoms with Crippen LogP contribution in [0.25, 0.3) is 22.4 Å². The zero-order valence-corrected chi connectivity index (χ0v) is 19.0. The Labute approximate surface area is 177 Å². The second-order valence-corrected chi connectivity index (χ2v) is 14.2. The molecule has 30 heavy (non-hydrogen) atoms. The Balaban J connectivity index is 2.03. The lowest BCUT2D eigenvalue weighted by atomic mass is 9.77. The van der Waals surface area contributed by atoms with Crippen molar-refractivity contribution >= 4 is 31.0 Å². The number of aromatic nitrogens is 2. The largest absolute Gasteiger partial charge is 0.478 e. The van der Waals surface area contributed by atoms with E-state index in [1.807, 2.05) is 37.3 Å². The van der Waals surface area contributed by atoms with Crippen LogP contribution in [0.2, 0.25) is 24.2 Å². The van der Waals surface area contributed by atoms with Gasteiger partial charge in [0.05, 0.1) is 30.1 Å². The van der Waals surface area contributed by atoms with Crippen molar-refractivity contribution in [1.82, 2.24) is 9.55 Å². The van der Waals surface area contributed by atoms with Crippen LogP contribution in [-0.2, 0) is 5.41 Å². The molecule has 1 atom stereocenters. The van der Waals surface area contributed by atoms with Crippen molar-refractivity contribution in [1.29, 1.82) is 0 Å². The van der Waals surface area contributed by atoms with E-state index in [0.717, 1.165) is 46.3 Å². The third-order valence-electron chi connectivity index (χ3n) is 7.32. The molecule has 0 radical (unpaired) electrons.